The van der Waals surface area contributed by atoms with Crippen LogP contribution in [0.5, 0.6) is 28.7 Å². The number of esters is 1. The van der Waals surface area contributed by atoms with Gasteiger partial charge >= 0.3 is 13.8 Å². The molecular weight excluding hydrogens is 635 g/mol. The van der Waals surface area contributed by atoms with Gasteiger partial charge in [-0.25, -0.2) is 4.57 Å². The first-order valence-electron chi connectivity index (χ1n) is 14.5. The van der Waals surface area contributed by atoms with Gasteiger partial charge in [-0.05, 0) is 47.9 Å². The van der Waals surface area contributed by atoms with Crippen LogP contribution in [0.3, 0.4) is 0 Å². The van der Waals surface area contributed by atoms with Crippen LogP contribution in [0, 0.1) is 11.8 Å². The molecule has 3 saturated heterocycles. The molecule has 1 aliphatic carbocycles. The lowest BCUT2D eigenvalue weighted by molar-refractivity contribution is -0.364. The van der Waals surface area contributed by atoms with Gasteiger partial charge in [0, 0.05) is 11.8 Å². The molecule has 0 bridgehead atoms. The summed E-state index contributed by atoms with van der Waals surface area (Å²) in [5.74, 6) is -2.25. The summed E-state index contributed by atoms with van der Waals surface area (Å²) >= 11 is 0. The van der Waals surface area contributed by atoms with E-state index in [1.807, 2.05) is 0 Å². The summed E-state index contributed by atoms with van der Waals surface area (Å²) in [4.78, 5) is 32.5. The molecule has 4 N–H and O–H groups in total. The van der Waals surface area contributed by atoms with Crippen molar-refractivity contribution in [2.45, 2.75) is 55.9 Å². The summed E-state index contributed by atoms with van der Waals surface area (Å²) < 4.78 is 68.1. The fourth-order valence-corrected chi connectivity index (χ4v) is 7.35. The zero-order valence-corrected chi connectivity index (χ0v) is 25.7. The monoisotopic (exact) mass is 668 g/mol. The second-order valence-corrected chi connectivity index (χ2v) is 12.7. The molecule has 0 aromatic heterocycles. The van der Waals surface area contributed by atoms with Crippen LogP contribution in [0.1, 0.15) is 35.6 Å². The quantitative estimate of drug-likeness (QED) is 0.241. The third-order valence-corrected chi connectivity index (χ3v) is 9.36. The van der Waals surface area contributed by atoms with E-state index in [0.29, 0.717) is 28.2 Å². The minimum atomic E-state index is -5.00. The molecule has 250 valence electrons. The van der Waals surface area contributed by atoms with Crippen LogP contribution in [0.4, 0.5) is 0 Å². The van der Waals surface area contributed by atoms with Crippen molar-refractivity contribution in [1.82, 2.24) is 0 Å². The van der Waals surface area contributed by atoms with Crippen molar-refractivity contribution in [3.63, 3.8) is 0 Å². The summed E-state index contributed by atoms with van der Waals surface area (Å²) in [6.45, 7) is 1.72. The molecule has 4 heterocycles. The SMILES string of the molecule is COc1cc([C@@H]2c3cc4c(cc3[C@@H](O[C@@H]3O[C@H]5CO[C@@H](C)O[C@H]5[C@H](O)[C@@H]3O)[C@H]3COC(=O)[C@H]23)OCO4)cc(OC)c1OP(=O)(O)O. The number of hydrogen-bond acceptors (Lipinski definition) is 14. The van der Waals surface area contributed by atoms with Crippen molar-refractivity contribution in [1.29, 1.82) is 0 Å². The molecule has 7 rings (SSSR count). The molecular formula is C29H33O16P. The number of benzene rings is 2. The minimum Gasteiger partial charge on any atom is -0.493 e. The first kappa shape index (κ1) is 31.4. The molecule has 0 spiro atoms. The van der Waals surface area contributed by atoms with Gasteiger partial charge in [-0.15, -0.1) is 0 Å². The number of phosphoric acid groups is 1. The van der Waals surface area contributed by atoms with E-state index < -0.39 is 74.6 Å². The number of carbonyl (C=O) groups is 1. The zero-order chi connectivity index (χ0) is 32.5. The maximum Gasteiger partial charge on any atom is 0.525 e. The lowest BCUT2D eigenvalue weighted by Gasteiger charge is -2.47. The Balaban J connectivity index is 1.32. The molecule has 2 aromatic rings. The fourth-order valence-electron chi connectivity index (χ4n) is 6.93. The number of rotatable bonds is 7. The number of methoxy groups -OCH3 is 2. The molecule has 0 radical (unpaired) electrons. The number of ether oxygens (including phenoxy) is 9. The Hall–Kier alpha value is -3.18. The molecule has 0 amide bonds. The van der Waals surface area contributed by atoms with Crippen LogP contribution in [-0.2, 0) is 33.0 Å². The van der Waals surface area contributed by atoms with Gasteiger partial charge in [-0.2, -0.15) is 0 Å². The molecule has 10 atom stereocenters. The molecule has 5 aliphatic rings. The Morgan fingerprint density at radius 1 is 0.891 bits per heavy atom. The third kappa shape index (κ3) is 5.37. The Kier molecular flexibility index (Phi) is 8.07. The smallest absolute Gasteiger partial charge is 0.493 e. The van der Waals surface area contributed by atoms with E-state index in [-0.39, 0.29) is 37.3 Å². The number of hydrogen-bond donors (Lipinski definition) is 4. The van der Waals surface area contributed by atoms with Crippen molar-refractivity contribution in [2.24, 2.45) is 11.8 Å². The van der Waals surface area contributed by atoms with Gasteiger partial charge in [0.2, 0.25) is 12.5 Å². The van der Waals surface area contributed by atoms with Gasteiger partial charge in [-0.3, -0.25) is 14.6 Å². The Morgan fingerprint density at radius 2 is 1.57 bits per heavy atom. The lowest BCUT2D eigenvalue weighted by Crippen LogP contribution is -2.63. The summed E-state index contributed by atoms with van der Waals surface area (Å²) in [5, 5.41) is 22.0. The van der Waals surface area contributed by atoms with Gasteiger partial charge in [0.05, 0.1) is 39.5 Å². The summed E-state index contributed by atoms with van der Waals surface area (Å²) in [6, 6.07) is 6.47. The largest absolute Gasteiger partial charge is 0.525 e. The average molecular weight is 669 g/mol. The predicted molar refractivity (Wildman–Crippen MR) is 149 cm³/mol. The van der Waals surface area contributed by atoms with E-state index >= 15 is 0 Å². The highest BCUT2D eigenvalue weighted by atomic mass is 31.2. The van der Waals surface area contributed by atoms with E-state index in [1.54, 1.807) is 19.1 Å². The zero-order valence-electron chi connectivity index (χ0n) is 24.8. The Labute approximate surface area is 262 Å². The molecule has 0 unspecified atom stereocenters. The van der Waals surface area contributed by atoms with E-state index in [9.17, 15) is 29.4 Å². The molecule has 0 saturated carbocycles. The lowest BCUT2D eigenvalue weighted by atomic mass is 9.66. The van der Waals surface area contributed by atoms with Crippen LogP contribution in [-0.4, -0.2) is 97.2 Å². The second-order valence-electron chi connectivity index (χ2n) is 11.6. The highest BCUT2D eigenvalue weighted by molar-refractivity contribution is 7.46. The van der Waals surface area contributed by atoms with Gasteiger partial charge in [0.1, 0.15) is 24.4 Å². The maximum atomic E-state index is 13.5. The van der Waals surface area contributed by atoms with E-state index in [0.717, 1.165) is 0 Å². The maximum absolute atomic E-state index is 13.5. The van der Waals surface area contributed by atoms with E-state index in [2.05, 4.69) is 0 Å². The van der Waals surface area contributed by atoms with Crippen molar-refractivity contribution >= 4 is 13.8 Å². The van der Waals surface area contributed by atoms with Gasteiger partial charge < -0.3 is 57.4 Å². The molecule has 46 heavy (non-hydrogen) atoms. The van der Waals surface area contributed by atoms with Crippen LogP contribution < -0.4 is 23.5 Å². The number of aliphatic hydroxyl groups is 2. The molecule has 16 nitrogen and oxygen atoms in total. The molecule has 2 aromatic carbocycles. The van der Waals surface area contributed by atoms with Gasteiger partial charge in [0.25, 0.3) is 0 Å². The van der Waals surface area contributed by atoms with Gasteiger partial charge in [-0.1, -0.05) is 0 Å². The Bertz CT molecular complexity index is 1530. The van der Waals surface area contributed by atoms with Crippen molar-refractivity contribution in [3.05, 3.63) is 41.0 Å². The first-order valence-corrected chi connectivity index (χ1v) is 16.1. The van der Waals surface area contributed by atoms with Gasteiger partial charge in [0.15, 0.2) is 35.6 Å². The topological polar surface area (TPSA) is 207 Å². The molecule has 3 fully saturated rings. The number of carbonyl (C=O) groups excluding carboxylic acids is 1. The summed E-state index contributed by atoms with van der Waals surface area (Å²) in [7, 11) is -2.40. The molecule has 17 heteroatoms. The Morgan fingerprint density at radius 3 is 2.22 bits per heavy atom. The number of phosphoric ester groups is 1. The number of fused-ring (bicyclic) bond motifs is 4. The summed E-state index contributed by atoms with van der Waals surface area (Å²) in [6.07, 6.45) is -7.18. The third-order valence-electron chi connectivity index (χ3n) is 8.94. The fraction of sp³-hybridized carbons (Fsp3) is 0.552. The van der Waals surface area contributed by atoms with E-state index in [4.69, 9.17) is 47.2 Å². The van der Waals surface area contributed by atoms with E-state index in [1.165, 1.54) is 26.4 Å². The number of aliphatic hydroxyl groups excluding tert-OH is 2. The number of cyclic esters (lactones) is 1. The second kappa shape index (κ2) is 11.8. The van der Waals surface area contributed by atoms with Crippen LogP contribution >= 0.6 is 7.82 Å². The predicted octanol–water partition coefficient (Wildman–Crippen LogP) is 1.10. The average Bonchev–Trinajstić information content (AvgIpc) is 3.64. The van der Waals surface area contributed by atoms with Crippen LogP contribution in [0.25, 0.3) is 0 Å². The highest BCUT2D eigenvalue weighted by Crippen LogP contribution is 2.57. The van der Waals surface area contributed by atoms with Crippen molar-refractivity contribution < 1.29 is 76.5 Å². The molecule has 4 aliphatic heterocycles. The van der Waals surface area contributed by atoms with Crippen molar-refractivity contribution in [2.75, 3.05) is 34.2 Å². The van der Waals surface area contributed by atoms with Crippen molar-refractivity contribution in [3.8, 4) is 28.7 Å². The van der Waals surface area contributed by atoms with Crippen LogP contribution in [0.2, 0.25) is 0 Å². The normalized spacial score (nSPS) is 34.6. The van der Waals surface area contributed by atoms with Crippen LogP contribution in [0.15, 0.2) is 24.3 Å². The first-order chi connectivity index (χ1) is 22.0. The standard InChI is InChI=1S/C29H33O16P/c1-11-38-9-20-27(42-11)23(30)24(31)29(43-20)44-25-14-7-17-16(40-10-41-17)6-13(14)21(22-15(25)8-39-28(22)32)12-4-18(36-2)26(19(5-12)37-3)45-46(33,34)35/h4-7,11,15,20-25,27,29-31H,8-10H2,1-3H3,(H2,33,34,35)/t11-,15+,20+,21-,22+,23-,24+,25-,27-,29+/m1/s1. The summed E-state index contributed by atoms with van der Waals surface area (Å²) in [5.41, 5.74) is 1.65. The minimum absolute atomic E-state index is 0.0303. The highest BCUT2D eigenvalue weighted by Gasteiger charge is 2.56.